The van der Waals surface area contributed by atoms with Gasteiger partial charge in [-0.25, -0.2) is 0 Å². The number of aliphatic imine (C=N–C) groups is 1. The molecule has 1 rings (SSSR count). The first-order valence-corrected chi connectivity index (χ1v) is 6.23. The van der Waals surface area contributed by atoms with Gasteiger partial charge in [-0.2, -0.15) is 0 Å². The van der Waals surface area contributed by atoms with Crippen LogP contribution in [0.4, 0.5) is 0 Å². The number of esters is 1. The number of nitrogens with one attached hydrogen (secondary N) is 2. The van der Waals surface area contributed by atoms with Gasteiger partial charge in [0.2, 0.25) is 0 Å². The van der Waals surface area contributed by atoms with E-state index in [1.54, 1.807) is 7.05 Å². The summed E-state index contributed by atoms with van der Waals surface area (Å²) in [6, 6.07) is 8.17. The summed E-state index contributed by atoms with van der Waals surface area (Å²) >= 11 is 0. The molecule has 0 saturated carbocycles. The van der Waals surface area contributed by atoms with Crippen LogP contribution in [0.2, 0.25) is 0 Å². The molecule has 0 spiro atoms. The lowest BCUT2D eigenvalue weighted by Gasteiger charge is -2.12. The number of rotatable bonds is 5. The summed E-state index contributed by atoms with van der Waals surface area (Å²) in [6.45, 7) is 3.27. The summed E-state index contributed by atoms with van der Waals surface area (Å²) in [7, 11) is 3.08. The first-order valence-electron chi connectivity index (χ1n) is 6.23. The largest absolute Gasteiger partial charge is 0.469 e. The Morgan fingerprint density at radius 2 is 2.05 bits per heavy atom. The summed E-state index contributed by atoms with van der Waals surface area (Å²) in [5.74, 6) is 0.439. The van der Waals surface area contributed by atoms with E-state index in [9.17, 15) is 4.79 Å². The lowest BCUT2D eigenvalue weighted by Crippen LogP contribution is -2.38. The molecular formula is C14H21N3O2. The fourth-order valence-corrected chi connectivity index (χ4v) is 1.59. The maximum atomic E-state index is 11.0. The first kappa shape index (κ1) is 15.0. The molecule has 0 amide bonds. The fourth-order valence-electron chi connectivity index (χ4n) is 1.59. The highest BCUT2D eigenvalue weighted by Gasteiger charge is 2.02. The van der Waals surface area contributed by atoms with Crippen molar-refractivity contribution in [3.8, 4) is 0 Å². The summed E-state index contributed by atoms with van der Waals surface area (Å²) in [5, 5.41) is 6.27. The molecule has 5 heteroatoms. The Hall–Kier alpha value is -2.04. The minimum atomic E-state index is -0.234. The van der Waals surface area contributed by atoms with E-state index in [4.69, 9.17) is 0 Å². The van der Waals surface area contributed by atoms with E-state index in [0.29, 0.717) is 25.5 Å². The average molecular weight is 263 g/mol. The number of methoxy groups -OCH3 is 1. The van der Waals surface area contributed by atoms with Gasteiger partial charge in [-0.15, -0.1) is 0 Å². The van der Waals surface area contributed by atoms with Crippen LogP contribution >= 0.6 is 0 Å². The molecule has 19 heavy (non-hydrogen) atoms. The monoisotopic (exact) mass is 263 g/mol. The van der Waals surface area contributed by atoms with Crippen LogP contribution in [0.25, 0.3) is 0 Å². The highest BCUT2D eigenvalue weighted by molar-refractivity contribution is 5.80. The van der Waals surface area contributed by atoms with Crippen LogP contribution in [0.15, 0.2) is 29.3 Å². The second-order valence-electron chi connectivity index (χ2n) is 4.11. The quantitative estimate of drug-likeness (QED) is 0.476. The van der Waals surface area contributed by atoms with E-state index in [-0.39, 0.29) is 5.97 Å². The van der Waals surface area contributed by atoms with E-state index < -0.39 is 0 Å². The smallest absolute Gasteiger partial charge is 0.307 e. The minimum Gasteiger partial charge on any atom is -0.469 e. The SMILES string of the molecule is CN=C(NCCC(=O)OC)NCc1ccccc1C. The Morgan fingerprint density at radius 3 is 2.68 bits per heavy atom. The van der Waals surface area contributed by atoms with E-state index in [1.165, 1.54) is 18.2 Å². The zero-order valence-corrected chi connectivity index (χ0v) is 11.7. The van der Waals surface area contributed by atoms with Crippen molar-refractivity contribution >= 4 is 11.9 Å². The maximum absolute atomic E-state index is 11.0. The van der Waals surface area contributed by atoms with Gasteiger partial charge in [-0.1, -0.05) is 24.3 Å². The number of nitrogens with zero attached hydrogens (tertiary/aromatic N) is 1. The van der Waals surface area contributed by atoms with E-state index in [0.717, 1.165) is 0 Å². The zero-order chi connectivity index (χ0) is 14.1. The Morgan fingerprint density at radius 1 is 1.32 bits per heavy atom. The fraction of sp³-hybridized carbons (Fsp3) is 0.429. The lowest BCUT2D eigenvalue weighted by atomic mass is 10.1. The van der Waals surface area contributed by atoms with Gasteiger partial charge < -0.3 is 15.4 Å². The van der Waals surface area contributed by atoms with Crippen LogP contribution in [0.5, 0.6) is 0 Å². The van der Waals surface area contributed by atoms with Gasteiger partial charge in [0.1, 0.15) is 0 Å². The Balaban J connectivity index is 2.38. The third-order valence-corrected chi connectivity index (χ3v) is 2.78. The first-order chi connectivity index (χ1) is 9.17. The lowest BCUT2D eigenvalue weighted by molar-refractivity contribution is -0.140. The Kier molecular flexibility index (Phi) is 6.43. The molecule has 0 bridgehead atoms. The number of carbonyl (C=O) groups excluding carboxylic acids is 1. The van der Waals surface area contributed by atoms with Crippen molar-refractivity contribution in [2.75, 3.05) is 20.7 Å². The van der Waals surface area contributed by atoms with Crippen molar-refractivity contribution in [3.63, 3.8) is 0 Å². The number of aryl methyl sites for hydroxylation is 1. The number of ether oxygens (including phenoxy) is 1. The van der Waals surface area contributed by atoms with Gasteiger partial charge in [-0.3, -0.25) is 9.79 Å². The number of benzene rings is 1. The molecule has 1 aromatic carbocycles. The van der Waals surface area contributed by atoms with Crippen LogP contribution in [-0.4, -0.2) is 32.6 Å². The van der Waals surface area contributed by atoms with E-state index in [1.807, 2.05) is 12.1 Å². The predicted molar refractivity (Wildman–Crippen MR) is 76.0 cm³/mol. The predicted octanol–water partition coefficient (Wildman–Crippen LogP) is 1.22. The summed E-state index contributed by atoms with van der Waals surface area (Å²) in [6.07, 6.45) is 0.321. The van der Waals surface area contributed by atoms with Gasteiger partial charge >= 0.3 is 5.97 Å². The summed E-state index contributed by atoms with van der Waals surface area (Å²) < 4.78 is 4.57. The van der Waals surface area contributed by atoms with Gasteiger partial charge in [0.25, 0.3) is 0 Å². The standard InChI is InChI=1S/C14H21N3O2/c1-11-6-4-5-7-12(11)10-17-14(15-2)16-9-8-13(18)19-3/h4-7H,8-10H2,1-3H3,(H2,15,16,17). The number of guanidine groups is 1. The van der Waals surface area contributed by atoms with Crippen LogP contribution in [0.1, 0.15) is 17.5 Å². The Labute approximate surface area is 114 Å². The normalized spacial score (nSPS) is 11.0. The molecule has 0 aliphatic rings. The highest BCUT2D eigenvalue weighted by Crippen LogP contribution is 2.05. The molecule has 0 fully saturated rings. The van der Waals surface area contributed by atoms with Crippen molar-refractivity contribution in [1.29, 1.82) is 0 Å². The second-order valence-corrected chi connectivity index (χ2v) is 4.11. The van der Waals surface area contributed by atoms with Crippen molar-refractivity contribution in [2.45, 2.75) is 19.9 Å². The zero-order valence-electron chi connectivity index (χ0n) is 11.7. The van der Waals surface area contributed by atoms with Crippen LogP contribution in [-0.2, 0) is 16.1 Å². The van der Waals surface area contributed by atoms with E-state index >= 15 is 0 Å². The van der Waals surface area contributed by atoms with Gasteiger partial charge in [0, 0.05) is 20.1 Å². The molecule has 0 heterocycles. The molecule has 0 radical (unpaired) electrons. The molecule has 0 saturated heterocycles. The second kappa shape index (κ2) is 8.13. The van der Waals surface area contributed by atoms with Gasteiger partial charge in [-0.05, 0) is 18.1 Å². The summed E-state index contributed by atoms with van der Waals surface area (Å²) in [5.41, 5.74) is 2.46. The van der Waals surface area contributed by atoms with Crippen molar-refractivity contribution in [2.24, 2.45) is 4.99 Å². The molecule has 0 unspecified atom stereocenters. The van der Waals surface area contributed by atoms with Gasteiger partial charge in [0.05, 0.1) is 13.5 Å². The Bertz CT molecular complexity index is 444. The molecule has 0 aromatic heterocycles. The number of hydrogen-bond donors (Lipinski definition) is 2. The number of hydrogen-bond acceptors (Lipinski definition) is 3. The third-order valence-electron chi connectivity index (χ3n) is 2.78. The minimum absolute atomic E-state index is 0.234. The molecule has 0 atom stereocenters. The third kappa shape index (κ3) is 5.42. The van der Waals surface area contributed by atoms with E-state index in [2.05, 4.69) is 39.4 Å². The van der Waals surface area contributed by atoms with Crippen molar-refractivity contribution in [3.05, 3.63) is 35.4 Å². The highest BCUT2D eigenvalue weighted by atomic mass is 16.5. The summed E-state index contributed by atoms with van der Waals surface area (Å²) in [4.78, 5) is 15.1. The topological polar surface area (TPSA) is 62.7 Å². The van der Waals surface area contributed by atoms with Crippen molar-refractivity contribution in [1.82, 2.24) is 10.6 Å². The molecule has 5 nitrogen and oxygen atoms in total. The number of carbonyl (C=O) groups is 1. The molecule has 0 aliphatic heterocycles. The molecule has 104 valence electrons. The average Bonchev–Trinajstić information content (AvgIpc) is 2.43. The van der Waals surface area contributed by atoms with Gasteiger partial charge in [0.15, 0.2) is 5.96 Å². The van der Waals surface area contributed by atoms with Crippen LogP contribution < -0.4 is 10.6 Å². The van der Waals surface area contributed by atoms with Crippen LogP contribution in [0.3, 0.4) is 0 Å². The maximum Gasteiger partial charge on any atom is 0.307 e. The molecule has 2 N–H and O–H groups in total. The van der Waals surface area contributed by atoms with Crippen LogP contribution in [0, 0.1) is 6.92 Å². The molecule has 1 aromatic rings. The van der Waals surface area contributed by atoms with Crippen molar-refractivity contribution < 1.29 is 9.53 Å². The molecule has 0 aliphatic carbocycles. The molecular weight excluding hydrogens is 242 g/mol.